The van der Waals surface area contributed by atoms with E-state index in [1.165, 1.54) is 0 Å². The fourth-order valence-corrected chi connectivity index (χ4v) is 1.68. The van der Waals surface area contributed by atoms with Crippen molar-refractivity contribution in [3.8, 4) is 0 Å². The number of carbonyl (C=O) groups excluding carboxylic acids is 2. The predicted octanol–water partition coefficient (Wildman–Crippen LogP) is 0.289. The third-order valence-corrected chi connectivity index (χ3v) is 2.81. The summed E-state index contributed by atoms with van der Waals surface area (Å²) in [5, 5.41) is 8.52. The fourth-order valence-electron chi connectivity index (χ4n) is 1.68. The molecule has 2 amide bonds. The number of rotatable bonds is 9. The molecule has 0 heterocycles. The van der Waals surface area contributed by atoms with Crippen LogP contribution in [0, 0.1) is 0 Å². The number of hydrogen-bond donors (Lipinski definition) is 3. The van der Waals surface area contributed by atoms with Crippen LogP contribution < -0.4 is 16.0 Å². The summed E-state index contributed by atoms with van der Waals surface area (Å²) in [5.41, 5.74) is 1.57. The summed E-state index contributed by atoms with van der Waals surface area (Å²) in [4.78, 5) is 23.2. The standard InChI is InChI=1S/C15H23N3O3/c1-3-17-15(20)13-6-4-12(5-7-13)10-18-14(19)11-16-8-9-21-2/h4-7,16H,3,8-11H2,1-2H3,(H,17,20)(H,18,19). The van der Waals surface area contributed by atoms with Gasteiger partial charge >= 0.3 is 0 Å². The van der Waals surface area contributed by atoms with Crippen molar-refractivity contribution in [3.63, 3.8) is 0 Å². The van der Waals surface area contributed by atoms with Crippen LogP contribution in [0.4, 0.5) is 0 Å². The Bertz CT molecular complexity index is 446. The molecule has 0 aliphatic heterocycles. The molecule has 0 saturated carbocycles. The molecule has 1 rings (SSSR count). The summed E-state index contributed by atoms with van der Waals surface area (Å²) >= 11 is 0. The molecule has 0 unspecified atom stereocenters. The number of methoxy groups -OCH3 is 1. The highest BCUT2D eigenvalue weighted by Crippen LogP contribution is 2.04. The number of nitrogens with one attached hydrogen (secondary N) is 3. The highest BCUT2D eigenvalue weighted by Gasteiger charge is 2.04. The van der Waals surface area contributed by atoms with E-state index >= 15 is 0 Å². The van der Waals surface area contributed by atoms with E-state index in [0.717, 1.165) is 5.56 Å². The quantitative estimate of drug-likeness (QED) is 0.572. The molecule has 1 aromatic rings. The Labute approximate surface area is 125 Å². The summed E-state index contributed by atoms with van der Waals surface area (Å²) in [6.07, 6.45) is 0. The number of amides is 2. The van der Waals surface area contributed by atoms with Crippen LogP contribution >= 0.6 is 0 Å². The number of benzene rings is 1. The molecule has 1 aromatic carbocycles. The van der Waals surface area contributed by atoms with Gasteiger partial charge in [0.05, 0.1) is 13.2 Å². The lowest BCUT2D eigenvalue weighted by Crippen LogP contribution is -2.34. The normalized spacial score (nSPS) is 10.2. The monoisotopic (exact) mass is 293 g/mol. The lowest BCUT2D eigenvalue weighted by Gasteiger charge is -2.07. The summed E-state index contributed by atoms with van der Waals surface area (Å²) in [6, 6.07) is 7.18. The zero-order chi connectivity index (χ0) is 15.5. The molecule has 21 heavy (non-hydrogen) atoms. The maximum absolute atomic E-state index is 11.6. The summed E-state index contributed by atoms with van der Waals surface area (Å²) in [6.45, 7) is 4.41. The van der Waals surface area contributed by atoms with Crippen molar-refractivity contribution in [2.75, 3.05) is 33.4 Å². The van der Waals surface area contributed by atoms with E-state index < -0.39 is 0 Å². The van der Waals surface area contributed by atoms with Gasteiger partial charge in [-0.05, 0) is 24.6 Å². The van der Waals surface area contributed by atoms with Gasteiger partial charge in [0.2, 0.25) is 5.91 Å². The van der Waals surface area contributed by atoms with Gasteiger partial charge in [0.25, 0.3) is 5.91 Å². The van der Waals surface area contributed by atoms with Crippen LogP contribution in [0.15, 0.2) is 24.3 Å². The molecule has 3 N–H and O–H groups in total. The van der Waals surface area contributed by atoms with Crippen molar-refractivity contribution in [2.45, 2.75) is 13.5 Å². The molecular formula is C15H23N3O3. The first-order chi connectivity index (χ1) is 10.2. The van der Waals surface area contributed by atoms with Gasteiger partial charge in [0.15, 0.2) is 0 Å². The van der Waals surface area contributed by atoms with Gasteiger partial charge in [-0.25, -0.2) is 0 Å². The molecule has 0 aliphatic rings. The zero-order valence-electron chi connectivity index (χ0n) is 12.6. The van der Waals surface area contributed by atoms with Gasteiger partial charge in [0.1, 0.15) is 0 Å². The Morgan fingerprint density at radius 1 is 1.14 bits per heavy atom. The molecule has 0 fully saturated rings. The summed E-state index contributed by atoms with van der Waals surface area (Å²) < 4.78 is 4.87. The minimum absolute atomic E-state index is 0.0705. The number of carbonyl (C=O) groups is 2. The van der Waals surface area contributed by atoms with E-state index in [1.807, 2.05) is 19.1 Å². The van der Waals surface area contributed by atoms with Crippen molar-refractivity contribution < 1.29 is 14.3 Å². The predicted molar refractivity (Wildman–Crippen MR) is 81.0 cm³/mol. The number of hydrogen-bond acceptors (Lipinski definition) is 4. The maximum atomic E-state index is 11.6. The van der Waals surface area contributed by atoms with Crippen LogP contribution in [0.3, 0.4) is 0 Å². The molecule has 0 aromatic heterocycles. The minimum atomic E-state index is -0.0876. The molecule has 6 heteroatoms. The second kappa shape index (κ2) is 9.90. The highest BCUT2D eigenvalue weighted by molar-refractivity contribution is 5.94. The Morgan fingerprint density at radius 2 is 1.86 bits per heavy atom. The van der Waals surface area contributed by atoms with E-state index in [1.54, 1.807) is 19.2 Å². The van der Waals surface area contributed by atoms with Gasteiger partial charge in [-0.2, -0.15) is 0 Å². The van der Waals surface area contributed by atoms with Gasteiger partial charge in [0, 0.05) is 32.3 Å². The molecular weight excluding hydrogens is 270 g/mol. The molecule has 0 atom stereocenters. The van der Waals surface area contributed by atoms with Gasteiger partial charge < -0.3 is 20.7 Å². The van der Waals surface area contributed by atoms with Crippen molar-refractivity contribution in [1.82, 2.24) is 16.0 Å². The van der Waals surface area contributed by atoms with Crippen LogP contribution in [0.25, 0.3) is 0 Å². The highest BCUT2D eigenvalue weighted by atomic mass is 16.5. The smallest absolute Gasteiger partial charge is 0.251 e. The van der Waals surface area contributed by atoms with Gasteiger partial charge in [-0.1, -0.05) is 12.1 Å². The maximum Gasteiger partial charge on any atom is 0.251 e. The van der Waals surface area contributed by atoms with Crippen molar-refractivity contribution in [2.24, 2.45) is 0 Å². The first-order valence-electron chi connectivity index (χ1n) is 7.00. The third kappa shape index (κ3) is 6.87. The van der Waals surface area contributed by atoms with Gasteiger partial charge in [-0.15, -0.1) is 0 Å². The van der Waals surface area contributed by atoms with Crippen molar-refractivity contribution >= 4 is 11.8 Å². The molecule has 0 aliphatic carbocycles. The Hall–Kier alpha value is -1.92. The van der Waals surface area contributed by atoms with Crippen molar-refractivity contribution in [1.29, 1.82) is 0 Å². The first kappa shape index (κ1) is 17.1. The van der Waals surface area contributed by atoms with Crippen LogP contribution in [0.2, 0.25) is 0 Å². The van der Waals surface area contributed by atoms with Crippen LogP contribution in [0.1, 0.15) is 22.8 Å². The zero-order valence-corrected chi connectivity index (χ0v) is 12.6. The van der Waals surface area contributed by atoms with E-state index in [9.17, 15) is 9.59 Å². The fraction of sp³-hybridized carbons (Fsp3) is 0.467. The minimum Gasteiger partial charge on any atom is -0.383 e. The SMILES string of the molecule is CCNC(=O)c1ccc(CNC(=O)CNCCOC)cc1. The average Bonchev–Trinajstić information content (AvgIpc) is 2.50. The molecule has 0 bridgehead atoms. The van der Waals surface area contributed by atoms with E-state index in [2.05, 4.69) is 16.0 Å². The Balaban J connectivity index is 2.32. The molecule has 0 radical (unpaired) electrons. The van der Waals surface area contributed by atoms with Gasteiger partial charge in [-0.3, -0.25) is 9.59 Å². The lowest BCUT2D eigenvalue weighted by molar-refractivity contribution is -0.120. The number of ether oxygens (including phenoxy) is 1. The molecule has 6 nitrogen and oxygen atoms in total. The topological polar surface area (TPSA) is 79.5 Å². The second-order valence-electron chi connectivity index (χ2n) is 4.50. The second-order valence-corrected chi connectivity index (χ2v) is 4.50. The lowest BCUT2D eigenvalue weighted by atomic mass is 10.1. The summed E-state index contributed by atoms with van der Waals surface area (Å²) in [5.74, 6) is -0.158. The van der Waals surface area contributed by atoms with Crippen LogP contribution in [0.5, 0.6) is 0 Å². The molecule has 116 valence electrons. The Morgan fingerprint density at radius 3 is 2.48 bits per heavy atom. The molecule has 0 saturated heterocycles. The third-order valence-electron chi connectivity index (χ3n) is 2.81. The van der Waals surface area contributed by atoms with Crippen LogP contribution in [-0.4, -0.2) is 45.2 Å². The Kier molecular flexibility index (Phi) is 8.08. The first-order valence-corrected chi connectivity index (χ1v) is 7.00. The average molecular weight is 293 g/mol. The van der Waals surface area contributed by atoms with Crippen molar-refractivity contribution in [3.05, 3.63) is 35.4 Å². The van der Waals surface area contributed by atoms with Crippen LogP contribution in [-0.2, 0) is 16.1 Å². The summed E-state index contributed by atoms with van der Waals surface area (Å²) in [7, 11) is 1.62. The largest absolute Gasteiger partial charge is 0.383 e. The van der Waals surface area contributed by atoms with E-state index in [-0.39, 0.29) is 18.4 Å². The van der Waals surface area contributed by atoms with E-state index in [0.29, 0.717) is 31.8 Å². The van der Waals surface area contributed by atoms with E-state index in [4.69, 9.17) is 4.74 Å². The molecule has 0 spiro atoms.